The smallest absolute Gasteiger partial charge is 0.370 e. The zero-order valence-corrected chi connectivity index (χ0v) is 17.1. The third-order valence-corrected chi connectivity index (χ3v) is 7.73. The van der Waals surface area contributed by atoms with Gasteiger partial charge in [-0.25, -0.2) is 12.8 Å². The first kappa shape index (κ1) is 21.5. The molecule has 1 aliphatic heterocycles. The lowest BCUT2D eigenvalue weighted by atomic mass is 9.92. The van der Waals surface area contributed by atoms with Crippen LogP contribution in [0.1, 0.15) is 31.2 Å². The van der Waals surface area contributed by atoms with E-state index in [-0.39, 0.29) is 12.8 Å². The van der Waals surface area contributed by atoms with Crippen molar-refractivity contribution in [3.8, 4) is 0 Å². The first-order valence-corrected chi connectivity index (χ1v) is 10.5. The largest absolute Gasteiger partial charge is 0.435 e. The van der Waals surface area contributed by atoms with E-state index in [1.54, 1.807) is 6.20 Å². The Balaban J connectivity index is 1.80. The normalized spacial score (nSPS) is 18.7. The van der Waals surface area contributed by atoms with Crippen LogP contribution in [0.3, 0.4) is 0 Å². The van der Waals surface area contributed by atoms with Crippen molar-refractivity contribution in [2.45, 2.75) is 42.9 Å². The Labute approximate surface area is 166 Å². The Morgan fingerprint density at radius 2 is 1.76 bits per heavy atom. The van der Waals surface area contributed by atoms with Crippen molar-refractivity contribution in [1.29, 1.82) is 0 Å². The lowest BCUT2D eigenvalue weighted by molar-refractivity contribution is -0.141. The SMILES string of the molecule is Cc1ccc(N2CCC(C(C)(F)S(=O)(=O)c3cc(C(F)(F)F)nn3C)CC2)cn1. The molecule has 1 fully saturated rings. The van der Waals surface area contributed by atoms with Crippen molar-refractivity contribution < 1.29 is 26.0 Å². The van der Waals surface area contributed by atoms with Gasteiger partial charge in [-0.05, 0) is 38.8 Å². The van der Waals surface area contributed by atoms with E-state index in [4.69, 9.17) is 0 Å². The molecular weight excluding hydrogens is 412 g/mol. The maximum Gasteiger partial charge on any atom is 0.435 e. The molecule has 2 aromatic heterocycles. The Morgan fingerprint density at radius 1 is 1.14 bits per heavy atom. The molecule has 1 aliphatic rings. The molecule has 1 saturated heterocycles. The van der Waals surface area contributed by atoms with E-state index in [0.29, 0.717) is 23.8 Å². The van der Waals surface area contributed by atoms with Crippen LogP contribution in [-0.2, 0) is 23.1 Å². The van der Waals surface area contributed by atoms with Crippen molar-refractivity contribution in [3.05, 3.63) is 35.8 Å². The topological polar surface area (TPSA) is 68.1 Å². The average molecular weight is 434 g/mol. The molecule has 1 atom stereocenters. The molecule has 0 aromatic carbocycles. The Morgan fingerprint density at radius 3 is 2.24 bits per heavy atom. The predicted octanol–water partition coefficient (Wildman–Crippen LogP) is 3.52. The summed E-state index contributed by atoms with van der Waals surface area (Å²) in [6, 6.07) is 4.13. The minimum Gasteiger partial charge on any atom is -0.370 e. The number of hydrogen-bond donors (Lipinski definition) is 0. The summed E-state index contributed by atoms with van der Waals surface area (Å²) in [5.41, 5.74) is 0.357. The molecule has 11 heteroatoms. The zero-order chi connectivity index (χ0) is 21.6. The highest BCUT2D eigenvalue weighted by atomic mass is 32.2. The number of sulfone groups is 1. The Hall–Kier alpha value is -2.17. The van der Waals surface area contributed by atoms with Gasteiger partial charge in [0.1, 0.15) is 0 Å². The number of nitrogens with zero attached hydrogens (tertiary/aromatic N) is 4. The maximum atomic E-state index is 15.6. The van der Waals surface area contributed by atoms with Crippen molar-refractivity contribution in [3.63, 3.8) is 0 Å². The van der Waals surface area contributed by atoms with Gasteiger partial charge in [-0.1, -0.05) is 0 Å². The summed E-state index contributed by atoms with van der Waals surface area (Å²) in [6.45, 7) is 3.63. The van der Waals surface area contributed by atoms with Crippen molar-refractivity contribution in [1.82, 2.24) is 14.8 Å². The molecule has 160 valence electrons. The number of hydrogen-bond acceptors (Lipinski definition) is 5. The van der Waals surface area contributed by atoms with E-state index in [9.17, 15) is 21.6 Å². The molecule has 0 N–H and O–H groups in total. The molecule has 0 bridgehead atoms. The summed E-state index contributed by atoms with van der Waals surface area (Å²) in [7, 11) is -3.63. The van der Waals surface area contributed by atoms with Crippen LogP contribution in [0.15, 0.2) is 29.4 Å². The number of aromatic nitrogens is 3. The fraction of sp³-hybridized carbons (Fsp3) is 0.556. The van der Waals surface area contributed by atoms with Gasteiger partial charge in [0.25, 0.3) is 0 Å². The number of rotatable bonds is 4. The second-order valence-electron chi connectivity index (χ2n) is 7.40. The monoisotopic (exact) mass is 434 g/mol. The van der Waals surface area contributed by atoms with Gasteiger partial charge in [-0.3, -0.25) is 9.67 Å². The number of pyridine rings is 1. The van der Waals surface area contributed by atoms with Crippen molar-refractivity contribution in [2.75, 3.05) is 18.0 Å². The van der Waals surface area contributed by atoms with Gasteiger partial charge in [0.15, 0.2) is 10.7 Å². The van der Waals surface area contributed by atoms with Crippen molar-refractivity contribution in [2.24, 2.45) is 13.0 Å². The maximum absolute atomic E-state index is 15.6. The minimum atomic E-state index is -4.81. The molecule has 0 saturated carbocycles. The van der Waals surface area contributed by atoms with Crippen LogP contribution >= 0.6 is 0 Å². The molecule has 3 heterocycles. The lowest BCUT2D eigenvalue weighted by Crippen LogP contribution is -2.46. The van der Waals surface area contributed by atoms with Gasteiger partial charge in [-0.15, -0.1) is 0 Å². The summed E-state index contributed by atoms with van der Waals surface area (Å²) in [5.74, 6) is -0.855. The summed E-state index contributed by atoms with van der Waals surface area (Å²) in [4.78, 5) is 6.20. The third kappa shape index (κ3) is 3.96. The first-order valence-electron chi connectivity index (χ1n) is 9.06. The molecule has 1 unspecified atom stereocenters. The Kier molecular flexibility index (Phi) is 5.39. The second-order valence-corrected chi connectivity index (χ2v) is 9.62. The predicted molar refractivity (Wildman–Crippen MR) is 98.8 cm³/mol. The third-order valence-electron chi connectivity index (χ3n) is 5.41. The van der Waals surface area contributed by atoms with Crippen molar-refractivity contribution >= 4 is 15.5 Å². The molecule has 0 radical (unpaired) electrons. The van der Waals surface area contributed by atoms with E-state index >= 15 is 4.39 Å². The molecule has 3 rings (SSSR count). The number of anilines is 1. The number of halogens is 4. The van der Waals surface area contributed by atoms with E-state index < -0.39 is 37.7 Å². The Bertz CT molecular complexity index is 976. The number of alkyl halides is 4. The summed E-state index contributed by atoms with van der Waals surface area (Å²) >= 11 is 0. The minimum absolute atomic E-state index is 0.240. The van der Waals surface area contributed by atoms with Crippen LogP contribution < -0.4 is 4.90 Å². The van der Waals surface area contributed by atoms with Crippen LogP contribution in [-0.4, -0.2) is 41.3 Å². The standard InChI is InChI=1S/C18H22F4N4O2S/c1-12-4-5-14(11-23-12)26-8-6-13(7-9-26)17(2,19)29(27,28)16-10-15(18(20,21)22)24-25(16)3/h4-5,10-11,13H,6-9H2,1-3H3. The van der Waals surface area contributed by atoms with E-state index in [0.717, 1.165) is 25.4 Å². The fourth-order valence-corrected chi connectivity index (χ4v) is 5.30. The molecular formula is C18H22F4N4O2S. The lowest BCUT2D eigenvalue weighted by Gasteiger charge is -2.38. The van der Waals surface area contributed by atoms with Crippen LogP contribution in [0, 0.1) is 12.8 Å². The molecule has 6 nitrogen and oxygen atoms in total. The quantitative estimate of drug-likeness (QED) is 0.689. The highest BCUT2D eigenvalue weighted by Crippen LogP contribution is 2.41. The van der Waals surface area contributed by atoms with Gasteiger partial charge in [0.05, 0.1) is 11.9 Å². The van der Waals surface area contributed by atoms with Gasteiger partial charge in [0.2, 0.25) is 14.8 Å². The first-order chi connectivity index (χ1) is 13.3. The van der Waals surface area contributed by atoms with Crippen LogP contribution in [0.4, 0.5) is 23.2 Å². The number of aryl methyl sites for hydroxylation is 2. The van der Waals surface area contributed by atoms with Gasteiger partial charge in [-0.2, -0.15) is 18.3 Å². The van der Waals surface area contributed by atoms with Gasteiger partial charge < -0.3 is 4.90 Å². The summed E-state index contributed by atoms with van der Waals surface area (Å²) in [6.07, 6.45) is -2.63. The van der Waals surface area contributed by atoms with E-state index in [1.807, 2.05) is 24.0 Å². The van der Waals surface area contributed by atoms with Gasteiger partial charge >= 0.3 is 6.18 Å². The van der Waals surface area contributed by atoms with Gasteiger partial charge in [0, 0.05) is 37.8 Å². The summed E-state index contributed by atoms with van der Waals surface area (Å²) < 4.78 is 80.5. The van der Waals surface area contributed by atoms with Crippen LogP contribution in [0.5, 0.6) is 0 Å². The van der Waals surface area contributed by atoms with E-state index in [1.165, 1.54) is 0 Å². The molecule has 0 amide bonds. The van der Waals surface area contributed by atoms with Crippen LogP contribution in [0.25, 0.3) is 0 Å². The van der Waals surface area contributed by atoms with Crippen LogP contribution in [0.2, 0.25) is 0 Å². The molecule has 0 aliphatic carbocycles. The molecule has 2 aromatic rings. The highest BCUT2D eigenvalue weighted by Gasteiger charge is 2.50. The summed E-state index contributed by atoms with van der Waals surface area (Å²) in [5, 5.41) is -0.302. The average Bonchev–Trinajstić information content (AvgIpc) is 3.05. The molecule has 29 heavy (non-hydrogen) atoms. The molecule has 0 spiro atoms. The second kappa shape index (κ2) is 7.26. The number of piperidine rings is 1. The fourth-order valence-electron chi connectivity index (χ4n) is 3.56. The van der Waals surface area contributed by atoms with E-state index in [2.05, 4.69) is 10.1 Å². The highest BCUT2D eigenvalue weighted by molar-refractivity contribution is 7.92. The zero-order valence-electron chi connectivity index (χ0n) is 16.2.